The van der Waals surface area contributed by atoms with E-state index in [1.54, 1.807) is 4.90 Å². The van der Waals surface area contributed by atoms with Crippen LogP contribution in [0.5, 0.6) is 0 Å². The zero-order valence-electron chi connectivity index (χ0n) is 11.7. The van der Waals surface area contributed by atoms with Crippen molar-refractivity contribution in [2.24, 2.45) is 5.73 Å². The number of nitrogens with two attached hydrogens (primary N) is 1. The first-order valence-corrected chi connectivity index (χ1v) is 7.01. The Morgan fingerprint density at radius 1 is 1.32 bits per heavy atom. The van der Waals surface area contributed by atoms with Gasteiger partial charge in [0.15, 0.2) is 0 Å². The number of likely N-dealkylation sites (tertiary alicyclic amines) is 1. The number of hydrogen-bond donors (Lipinski definition) is 1. The molecule has 1 saturated heterocycles. The maximum atomic E-state index is 12.7. The molecule has 2 rings (SSSR count). The molecule has 0 radical (unpaired) electrons. The number of furan rings is 1. The van der Waals surface area contributed by atoms with Crippen LogP contribution < -0.4 is 5.73 Å². The maximum Gasteiger partial charge on any atom is 0.258 e. The van der Waals surface area contributed by atoms with Crippen molar-refractivity contribution in [1.29, 1.82) is 0 Å². The molecule has 0 spiro atoms. The molecule has 1 aromatic heterocycles. The zero-order valence-corrected chi connectivity index (χ0v) is 12.5. The Balaban J connectivity index is 2.34. The van der Waals surface area contributed by atoms with Crippen LogP contribution in [0.4, 0.5) is 0 Å². The molecule has 2 heterocycles. The van der Waals surface area contributed by atoms with Crippen molar-refractivity contribution in [3.05, 3.63) is 22.6 Å². The van der Waals surface area contributed by atoms with E-state index in [4.69, 9.17) is 22.4 Å². The number of piperidine rings is 1. The largest absolute Gasteiger partial charge is 0.466 e. The third-order valence-corrected chi connectivity index (χ3v) is 4.14. The SMILES string of the molecule is Cc1oc(C)c(C(=O)N2CCCCC2C(N)=S)c1C. The van der Waals surface area contributed by atoms with Gasteiger partial charge in [-0.3, -0.25) is 4.79 Å². The topological polar surface area (TPSA) is 59.5 Å². The average Bonchev–Trinajstić information content (AvgIpc) is 2.62. The highest BCUT2D eigenvalue weighted by Crippen LogP contribution is 2.26. The van der Waals surface area contributed by atoms with E-state index < -0.39 is 0 Å². The van der Waals surface area contributed by atoms with Gasteiger partial charge in [0, 0.05) is 12.1 Å². The number of rotatable bonds is 2. The molecule has 1 fully saturated rings. The monoisotopic (exact) mass is 280 g/mol. The molecule has 19 heavy (non-hydrogen) atoms. The van der Waals surface area contributed by atoms with E-state index in [1.807, 2.05) is 20.8 Å². The van der Waals surface area contributed by atoms with Crippen LogP contribution in [0, 0.1) is 20.8 Å². The Morgan fingerprint density at radius 3 is 2.53 bits per heavy atom. The molecule has 1 aliphatic rings. The van der Waals surface area contributed by atoms with Gasteiger partial charge in [0.1, 0.15) is 11.5 Å². The van der Waals surface area contributed by atoms with E-state index in [-0.39, 0.29) is 11.9 Å². The Morgan fingerprint density at radius 2 is 2.00 bits per heavy atom. The van der Waals surface area contributed by atoms with E-state index in [0.29, 0.717) is 22.9 Å². The first kappa shape index (κ1) is 14.1. The predicted molar refractivity (Wildman–Crippen MR) is 78.4 cm³/mol. The van der Waals surface area contributed by atoms with Crippen molar-refractivity contribution >= 4 is 23.1 Å². The van der Waals surface area contributed by atoms with Crippen LogP contribution in [0.15, 0.2) is 4.42 Å². The number of hydrogen-bond acceptors (Lipinski definition) is 3. The van der Waals surface area contributed by atoms with Crippen LogP contribution in [0.3, 0.4) is 0 Å². The quantitative estimate of drug-likeness (QED) is 0.846. The third-order valence-electron chi connectivity index (χ3n) is 3.87. The lowest BCUT2D eigenvalue weighted by Crippen LogP contribution is -2.50. The molecular formula is C14H20N2O2S. The predicted octanol–water partition coefficient (Wildman–Crippen LogP) is 2.49. The van der Waals surface area contributed by atoms with Gasteiger partial charge in [-0.2, -0.15) is 0 Å². The molecule has 1 aliphatic heterocycles. The Kier molecular flexibility index (Phi) is 3.94. The fraction of sp³-hybridized carbons (Fsp3) is 0.571. The summed E-state index contributed by atoms with van der Waals surface area (Å²) in [7, 11) is 0. The van der Waals surface area contributed by atoms with E-state index in [0.717, 1.165) is 30.6 Å². The Hall–Kier alpha value is -1.36. The Labute approximate surface area is 118 Å². The summed E-state index contributed by atoms with van der Waals surface area (Å²) in [5, 5.41) is 0. The minimum atomic E-state index is -0.120. The molecule has 0 saturated carbocycles. The first-order chi connectivity index (χ1) is 8.93. The standard InChI is InChI=1S/C14H20N2O2S/c1-8-9(2)18-10(3)12(8)14(17)16-7-5-4-6-11(16)13(15)19/h11H,4-7H2,1-3H3,(H2,15,19). The Bertz CT molecular complexity index is 522. The molecule has 1 atom stereocenters. The van der Waals surface area contributed by atoms with E-state index in [2.05, 4.69) is 0 Å². The first-order valence-electron chi connectivity index (χ1n) is 6.60. The molecule has 1 aromatic rings. The molecule has 0 bridgehead atoms. The fourth-order valence-electron chi connectivity index (χ4n) is 2.72. The minimum absolute atomic E-state index is 0.00986. The number of amides is 1. The molecule has 2 N–H and O–H groups in total. The number of nitrogens with zero attached hydrogens (tertiary/aromatic N) is 1. The molecule has 5 heteroatoms. The normalized spacial score (nSPS) is 19.5. The molecule has 0 aromatic carbocycles. The zero-order chi connectivity index (χ0) is 14.2. The van der Waals surface area contributed by atoms with E-state index in [1.165, 1.54) is 0 Å². The van der Waals surface area contributed by atoms with Crippen LogP contribution in [0.2, 0.25) is 0 Å². The van der Waals surface area contributed by atoms with Crippen molar-refractivity contribution in [3.8, 4) is 0 Å². The van der Waals surface area contributed by atoms with Gasteiger partial charge in [0.25, 0.3) is 5.91 Å². The second-order valence-electron chi connectivity index (χ2n) is 5.13. The van der Waals surface area contributed by atoms with Crippen molar-refractivity contribution < 1.29 is 9.21 Å². The minimum Gasteiger partial charge on any atom is -0.466 e. The van der Waals surface area contributed by atoms with Crippen molar-refractivity contribution in [2.45, 2.75) is 46.1 Å². The van der Waals surface area contributed by atoms with Gasteiger partial charge in [0.05, 0.1) is 16.6 Å². The van der Waals surface area contributed by atoms with Gasteiger partial charge in [0.2, 0.25) is 0 Å². The lowest BCUT2D eigenvalue weighted by molar-refractivity contribution is 0.0679. The lowest BCUT2D eigenvalue weighted by atomic mass is 9.99. The molecule has 4 nitrogen and oxygen atoms in total. The van der Waals surface area contributed by atoms with Gasteiger partial charge in [-0.05, 0) is 40.0 Å². The summed E-state index contributed by atoms with van der Waals surface area (Å²) in [6, 6.07) is -0.120. The second kappa shape index (κ2) is 5.33. The highest BCUT2D eigenvalue weighted by Gasteiger charge is 2.32. The highest BCUT2D eigenvalue weighted by molar-refractivity contribution is 7.80. The second-order valence-corrected chi connectivity index (χ2v) is 5.60. The summed E-state index contributed by atoms with van der Waals surface area (Å²) in [6.07, 6.45) is 2.92. The lowest BCUT2D eigenvalue weighted by Gasteiger charge is -2.35. The molecule has 1 amide bonds. The summed E-state index contributed by atoms with van der Waals surface area (Å²) < 4.78 is 5.54. The van der Waals surface area contributed by atoms with Gasteiger partial charge in [-0.1, -0.05) is 12.2 Å². The molecular weight excluding hydrogens is 260 g/mol. The molecule has 1 unspecified atom stereocenters. The molecule has 0 aliphatic carbocycles. The number of carbonyl (C=O) groups is 1. The third kappa shape index (κ3) is 2.52. The average molecular weight is 280 g/mol. The highest BCUT2D eigenvalue weighted by atomic mass is 32.1. The van der Waals surface area contributed by atoms with Gasteiger partial charge < -0.3 is 15.1 Å². The van der Waals surface area contributed by atoms with Crippen molar-refractivity contribution in [1.82, 2.24) is 4.90 Å². The fourth-order valence-corrected chi connectivity index (χ4v) is 2.97. The summed E-state index contributed by atoms with van der Waals surface area (Å²) >= 11 is 5.09. The number of thiocarbonyl (C=S) groups is 1. The van der Waals surface area contributed by atoms with Gasteiger partial charge in [-0.25, -0.2) is 0 Å². The van der Waals surface area contributed by atoms with Crippen LogP contribution in [0.1, 0.15) is 46.7 Å². The summed E-state index contributed by atoms with van der Waals surface area (Å²) in [5.74, 6) is 1.46. The molecule has 104 valence electrons. The van der Waals surface area contributed by atoms with Crippen LogP contribution in [-0.2, 0) is 0 Å². The summed E-state index contributed by atoms with van der Waals surface area (Å²) in [5.41, 5.74) is 7.35. The number of aryl methyl sites for hydroxylation is 2. The van der Waals surface area contributed by atoms with Crippen LogP contribution in [0.25, 0.3) is 0 Å². The van der Waals surface area contributed by atoms with Crippen LogP contribution >= 0.6 is 12.2 Å². The number of carbonyl (C=O) groups excluding carboxylic acids is 1. The smallest absolute Gasteiger partial charge is 0.258 e. The van der Waals surface area contributed by atoms with Gasteiger partial charge in [-0.15, -0.1) is 0 Å². The van der Waals surface area contributed by atoms with Gasteiger partial charge >= 0.3 is 0 Å². The van der Waals surface area contributed by atoms with Crippen LogP contribution in [-0.4, -0.2) is 28.4 Å². The van der Waals surface area contributed by atoms with E-state index in [9.17, 15) is 4.79 Å². The summed E-state index contributed by atoms with van der Waals surface area (Å²) in [4.78, 5) is 14.9. The van der Waals surface area contributed by atoms with Crippen molar-refractivity contribution in [2.75, 3.05) is 6.54 Å². The maximum absolute atomic E-state index is 12.7. The van der Waals surface area contributed by atoms with E-state index >= 15 is 0 Å². The van der Waals surface area contributed by atoms with Crippen molar-refractivity contribution in [3.63, 3.8) is 0 Å². The summed E-state index contributed by atoms with van der Waals surface area (Å²) in [6.45, 7) is 6.33.